The van der Waals surface area contributed by atoms with Crippen LogP contribution in [0.3, 0.4) is 0 Å². The lowest BCUT2D eigenvalue weighted by Gasteiger charge is -2.05. The van der Waals surface area contributed by atoms with Crippen molar-refractivity contribution in [2.24, 2.45) is 5.10 Å². The van der Waals surface area contributed by atoms with E-state index in [1.807, 2.05) is 0 Å². The van der Waals surface area contributed by atoms with Crippen molar-refractivity contribution in [3.63, 3.8) is 0 Å². The topological polar surface area (TPSA) is 118 Å². The zero-order chi connectivity index (χ0) is 20.5. The summed E-state index contributed by atoms with van der Waals surface area (Å²) in [6.07, 6.45) is 1.26. The van der Waals surface area contributed by atoms with Crippen molar-refractivity contribution in [2.75, 3.05) is 0 Å². The monoisotopic (exact) mass is 389 g/mol. The van der Waals surface area contributed by atoms with Crippen molar-refractivity contribution in [1.82, 2.24) is 9.66 Å². The third kappa shape index (κ3) is 3.27. The Labute approximate surface area is 163 Å². The molecule has 8 heteroatoms. The molecule has 4 aromatic rings. The maximum Gasteiger partial charge on any atom is 0.349 e. The molecule has 2 heterocycles. The molecule has 8 nitrogen and oxygen atoms in total. The van der Waals surface area contributed by atoms with E-state index < -0.39 is 17.2 Å². The highest BCUT2D eigenvalue weighted by molar-refractivity contribution is 5.91. The zero-order valence-corrected chi connectivity index (χ0v) is 15.2. The number of furan rings is 1. The van der Waals surface area contributed by atoms with Crippen LogP contribution >= 0.6 is 0 Å². The van der Waals surface area contributed by atoms with Crippen molar-refractivity contribution in [3.05, 3.63) is 92.3 Å². The van der Waals surface area contributed by atoms with Gasteiger partial charge in [0, 0.05) is 5.56 Å². The molecule has 4 rings (SSSR count). The molecule has 0 fully saturated rings. The highest BCUT2D eigenvalue weighted by Crippen LogP contribution is 2.27. The van der Waals surface area contributed by atoms with E-state index in [-0.39, 0.29) is 5.56 Å². The van der Waals surface area contributed by atoms with Gasteiger partial charge in [0.05, 0.1) is 22.7 Å². The van der Waals surface area contributed by atoms with Gasteiger partial charge in [0.15, 0.2) is 0 Å². The smallest absolute Gasteiger partial charge is 0.349 e. The average molecular weight is 389 g/mol. The first-order valence-electron chi connectivity index (χ1n) is 8.67. The van der Waals surface area contributed by atoms with Gasteiger partial charge in [-0.2, -0.15) is 5.10 Å². The van der Waals surface area contributed by atoms with E-state index in [1.54, 1.807) is 55.5 Å². The summed E-state index contributed by atoms with van der Waals surface area (Å²) in [4.78, 5) is 38.5. The summed E-state index contributed by atoms with van der Waals surface area (Å²) in [5, 5.41) is 13.5. The molecule has 0 spiro atoms. The third-order valence-corrected chi connectivity index (χ3v) is 4.54. The van der Waals surface area contributed by atoms with E-state index in [4.69, 9.17) is 4.42 Å². The van der Waals surface area contributed by atoms with Gasteiger partial charge in [-0.05, 0) is 42.8 Å². The molecule has 0 aliphatic rings. The number of fused-ring (bicyclic) bond motifs is 1. The number of carboxylic acids is 1. The van der Waals surface area contributed by atoms with Crippen LogP contribution in [0, 0.1) is 6.92 Å². The Hall–Kier alpha value is -4.20. The van der Waals surface area contributed by atoms with Gasteiger partial charge in [-0.25, -0.2) is 9.59 Å². The van der Waals surface area contributed by atoms with Gasteiger partial charge in [0.2, 0.25) is 0 Å². The van der Waals surface area contributed by atoms with E-state index in [0.717, 1.165) is 4.68 Å². The maximum absolute atomic E-state index is 12.5. The second kappa shape index (κ2) is 7.08. The van der Waals surface area contributed by atoms with E-state index in [2.05, 4.69) is 10.1 Å². The number of hydrogen-bond donors (Lipinski definition) is 2. The van der Waals surface area contributed by atoms with Crippen molar-refractivity contribution in [3.8, 4) is 11.3 Å². The Morgan fingerprint density at radius 3 is 2.69 bits per heavy atom. The molecular formula is C21H15N3O5. The zero-order valence-electron chi connectivity index (χ0n) is 15.2. The summed E-state index contributed by atoms with van der Waals surface area (Å²) in [5.41, 5.74) is 0.607. The molecule has 0 unspecified atom stereocenters. The second-order valence-electron chi connectivity index (χ2n) is 6.32. The van der Waals surface area contributed by atoms with E-state index in [9.17, 15) is 19.5 Å². The molecule has 0 aliphatic carbocycles. The predicted molar refractivity (Wildman–Crippen MR) is 108 cm³/mol. The van der Waals surface area contributed by atoms with Crippen LogP contribution in [0.15, 0.2) is 73.7 Å². The molecule has 2 aromatic heterocycles. The Balaban J connectivity index is 1.71. The van der Waals surface area contributed by atoms with Crippen molar-refractivity contribution in [2.45, 2.75) is 6.92 Å². The number of carbonyl (C=O) groups is 1. The molecule has 0 amide bonds. The lowest BCUT2D eigenvalue weighted by Crippen LogP contribution is -2.32. The molecule has 0 radical (unpaired) electrons. The Kier molecular flexibility index (Phi) is 4.44. The number of nitrogens with one attached hydrogen (secondary N) is 1. The van der Waals surface area contributed by atoms with Gasteiger partial charge >= 0.3 is 11.7 Å². The lowest BCUT2D eigenvalue weighted by atomic mass is 10.0. The molecule has 144 valence electrons. The minimum atomic E-state index is -1.02. The van der Waals surface area contributed by atoms with Crippen LogP contribution in [0.5, 0.6) is 0 Å². The highest BCUT2D eigenvalue weighted by Gasteiger charge is 2.13. The van der Waals surface area contributed by atoms with Gasteiger partial charge in [0.25, 0.3) is 5.56 Å². The number of para-hydroxylation sites is 1. The van der Waals surface area contributed by atoms with Gasteiger partial charge in [-0.1, -0.05) is 24.3 Å². The molecular weight excluding hydrogens is 374 g/mol. The van der Waals surface area contributed by atoms with Crippen LogP contribution in [-0.4, -0.2) is 27.0 Å². The summed E-state index contributed by atoms with van der Waals surface area (Å²) in [6, 6.07) is 14.8. The summed E-state index contributed by atoms with van der Waals surface area (Å²) < 4.78 is 6.43. The number of rotatable bonds is 4. The second-order valence-corrected chi connectivity index (χ2v) is 6.32. The predicted octanol–water partition coefficient (Wildman–Crippen LogP) is 2.84. The van der Waals surface area contributed by atoms with Gasteiger partial charge in [0.1, 0.15) is 11.5 Å². The Morgan fingerprint density at radius 1 is 1.10 bits per heavy atom. The fourth-order valence-corrected chi connectivity index (χ4v) is 3.07. The molecule has 0 atom stereocenters. The number of aromatic amines is 1. The number of aromatic carboxylic acids is 1. The summed E-state index contributed by atoms with van der Waals surface area (Å²) in [7, 11) is 0. The molecule has 2 aromatic carbocycles. The Morgan fingerprint density at radius 2 is 1.90 bits per heavy atom. The number of carboxylic acid groups (broad SMARTS) is 1. The summed E-state index contributed by atoms with van der Waals surface area (Å²) in [6.45, 7) is 1.70. The van der Waals surface area contributed by atoms with Crippen LogP contribution in [0.1, 0.15) is 21.7 Å². The maximum atomic E-state index is 12.5. The van der Waals surface area contributed by atoms with Crippen LogP contribution < -0.4 is 11.2 Å². The van der Waals surface area contributed by atoms with E-state index in [1.165, 1.54) is 12.3 Å². The number of H-pyrrole nitrogens is 1. The highest BCUT2D eigenvalue weighted by atomic mass is 16.4. The van der Waals surface area contributed by atoms with Crippen molar-refractivity contribution < 1.29 is 14.3 Å². The number of aromatic nitrogens is 2. The largest absolute Gasteiger partial charge is 0.478 e. The minimum Gasteiger partial charge on any atom is -0.478 e. The standard InChI is InChI=1S/C21H15N3O5/c1-12-14(6-4-7-15(12)20(26)27)18-10-9-13(29-18)11-22-24-19(25)16-5-2-3-8-17(16)23-21(24)28/h2-11H,1H3,(H,23,28)(H,26,27). The average Bonchev–Trinajstić information content (AvgIpc) is 3.16. The molecule has 0 saturated heterocycles. The van der Waals surface area contributed by atoms with Crippen LogP contribution in [0.4, 0.5) is 0 Å². The quantitative estimate of drug-likeness (QED) is 0.521. The minimum absolute atomic E-state index is 0.184. The fraction of sp³-hybridized carbons (Fsp3) is 0.0476. The van der Waals surface area contributed by atoms with Gasteiger partial charge < -0.3 is 14.5 Å². The molecule has 0 saturated carbocycles. The summed E-state index contributed by atoms with van der Waals surface area (Å²) in [5.74, 6) is -0.265. The molecule has 2 N–H and O–H groups in total. The normalized spacial score (nSPS) is 11.3. The SMILES string of the molecule is Cc1c(C(=O)O)cccc1-c1ccc(C=Nn2c(=O)[nH]c3ccccc3c2=O)o1. The van der Waals surface area contributed by atoms with E-state index >= 15 is 0 Å². The first kappa shape index (κ1) is 18.2. The van der Waals surface area contributed by atoms with E-state index in [0.29, 0.717) is 33.6 Å². The van der Waals surface area contributed by atoms with Crippen LogP contribution in [-0.2, 0) is 0 Å². The van der Waals surface area contributed by atoms with Crippen LogP contribution in [0.2, 0.25) is 0 Å². The first-order chi connectivity index (χ1) is 14.0. The third-order valence-electron chi connectivity index (χ3n) is 4.54. The number of nitrogens with zero attached hydrogens (tertiary/aromatic N) is 2. The van der Waals surface area contributed by atoms with Crippen LogP contribution in [0.25, 0.3) is 22.2 Å². The number of benzene rings is 2. The van der Waals surface area contributed by atoms with Crippen molar-refractivity contribution in [1.29, 1.82) is 0 Å². The van der Waals surface area contributed by atoms with Gasteiger partial charge in [-0.15, -0.1) is 4.68 Å². The van der Waals surface area contributed by atoms with Gasteiger partial charge in [-0.3, -0.25) is 4.79 Å². The Bertz CT molecular complexity index is 1390. The van der Waals surface area contributed by atoms with Crippen molar-refractivity contribution >= 4 is 23.1 Å². The number of hydrogen-bond acceptors (Lipinski definition) is 5. The first-order valence-corrected chi connectivity index (χ1v) is 8.67. The molecule has 29 heavy (non-hydrogen) atoms. The fourth-order valence-electron chi connectivity index (χ4n) is 3.07. The molecule has 0 bridgehead atoms. The molecule has 0 aliphatic heterocycles. The summed E-state index contributed by atoms with van der Waals surface area (Å²) >= 11 is 0. The lowest BCUT2D eigenvalue weighted by molar-refractivity contribution is 0.0696.